The van der Waals surface area contributed by atoms with Crippen LogP contribution < -0.4 is 10.1 Å². The zero-order valence-electron chi connectivity index (χ0n) is 9.61. The third-order valence-electron chi connectivity index (χ3n) is 2.26. The van der Waals surface area contributed by atoms with Crippen LogP contribution >= 0.6 is 11.6 Å². The number of nitrogens with zero attached hydrogens (tertiary/aromatic N) is 2. The summed E-state index contributed by atoms with van der Waals surface area (Å²) in [6.07, 6.45) is 1.93. The second kappa shape index (κ2) is 6.24. The van der Waals surface area contributed by atoms with Gasteiger partial charge in [0.25, 0.3) is 0 Å². The van der Waals surface area contributed by atoms with Crippen LogP contribution in [-0.4, -0.2) is 34.7 Å². The van der Waals surface area contributed by atoms with Crippen molar-refractivity contribution in [1.29, 1.82) is 0 Å². The Morgan fingerprint density at radius 2 is 2.41 bits per heavy atom. The van der Waals surface area contributed by atoms with Crippen molar-refractivity contribution in [1.82, 2.24) is 9.97 Å². The fraction of sp³-hybridized carbons (Fsp3) is 0.500. The van der Waals surface area contributed by atoms with E-state index < -0.39 is 11.9 Å². The SMILES string of the molecule is CCC(CNc1nc(OC)ncc1Cl)C(=O)O. The molecule has 94 valence electrons. The predicted octanol–water partition coefficient (Wildman–Crippen LogP) is 1.66. The molecule has 1 aromatic rings. The lowest BCUT2D eigenvalue weighted by molar-refractivity contribution is -0.141. The summed E-state index contributed by atoms with van der Waals surface area (Å²) >= 11 is 5.87. The van der Waals surface area contributed by atoms with E-state index in [0.29, 0.717) is 17.3 Å². The van der Waals surface area contributed by atoms with Crippen LogP contribution in [0.15, 0.2) is 6.20 Å². The molecule has 0 saturated carbocycles. The minimum atomic E-state index is -0.850. The molecule has 7 heteroatoms. The number of carboxylic acid groups (broad SMARTS) is 1. The van der Waals surface area contributed by atoms with Crippen molar-refractivity contribution in [2.75, 3.05) is 19.0 Å². The standard InChI is InChI=1S/C10H14ClN3O3/c1-3-6(9(15)16)4-12-8-7(11)5-13-10(14-8)17-2/h5-6H,3-4H2,1-2H3,(H,15,16)(H,12,13,14). The first-order chi connectivity index (χ1) is 8.08. The Bertz CT molecular complexity index is 400. The number of methoxy groups -OCH3 is 1. The highest BCUT2D eigenvalue weighted by Crippen LogP contribution is 2.20. The van der Waals surface area contributed by atoms with Gasteiger partial charge in [0.1, 0.15) is 5.02 Å². The van der Waals surface area contributed by atoms with Gasteiger partial charge in [0.05, 0.1) is 19.2 Å². The van der Waals surface area contributed by atoms with E-state index in [9.17, 15) is 4.79 Å². The fourth-order valence-corrected chi connectivity index (χ4v) is 1.36. The van der Waals surface area contributed by atoms with E-state index in [1.807, 2.05) is 6.92 Å². The lowest BCUT2D eigenvalue weighted by atomic mass is 10.1. The van der Waals surface area contributed by atoms with E-state index in [0.717, 1.165) is 0 Å². The molecule has 0 radical (unpaired) electrons. The topological polar surface area (TPSA) is 84.3 Å². The molecule has 1 rings (SSSR count). The van der Waals surface area contributed by atoms with Gasteiger partial charge >= 0.3 is 12.0 Å². The summed E-state index contributed by atoms with van der Waals surface area (Å²) in [6, 6.07) is 0.181. The molecule has 1 atom stereocenters. The van der Waals surface area contributed by atoms with Gasteiger partial charge in [0.2, 0.25) is 0 Å². The molecule has 0 aliphatic heterocycles. The summed E-state index contributed by atoms with van der Waals surface area (Å²) < 4.78 is 4.85. The smallest absolute Gasteiger partial charge is 0.318 e. The van der Waals surface area contributed by atoms with Crippen molar-refractivity contribution in [2.45, 2.75) is 13.3 Å². The maximum atomic E-state index is 10.8. The first-order valence-electron chi connectivity index (χ1n) is 5.11. The summed E-state index contributed by atoms with van der Waals surface area (Å²) in [7, 11) is 1.44. The Labute approximate surface area is 104 Å². The second-order valence-corrected chi connectivity index (χ2v) is 3.78. The molecule has 0 aliphatic carbocycles. The van der Waals surface area contributed by atoms with Crippen molar-refractivity contribution in [3.05, 3.63) is 11.2 Å². The van der Waals surface area contributed by atoms with Crippen molar-refractivity contribution in [3.8, 4) is 6.01 Å². The zero-order chi connectivity index (χ0) is 12.8. The van der Waals surface area contributed by atoms with Gasteiger partial charge in [-0.3, -0.25) is 4.79 Å². The Hall–Kier alpha value is -1.56. The molecular formula is C10H14ClN3O3. The van der Waals surface area contributed by atoms with Crippen molar-refractivity contribution < 1.29 is 14.6 Å². The summed E-state index contributed by atoms with van der Waals surface area (Å²) in [4.78, 5) is 18.6. The van der Waals surface area contributed by atoms with Gasteiger partial charge in [0.15, 0.2) is 5.82 Å². The zero-order valence-corrected chi connectivity index (χ0v) is 10.4. The maximum Gasteiger partial charge on any atom is 0.318 e. The average Bonchev–Trinajstić information content (AvgIpc) is 2.31. The Morgan fingerprint density at radius 3 is 2.94 bits per heavy atom. The molecule has 0 saturated heterocycles. The first kappa shape index (κ1) is 13.5. The molecule has 0 aliphatic rings. The second-order valence-electron chi connectivity index (χ2n) is 3.38. The van der Waals surface area contributed by atoms with Crippen molar-refractivity contribution in [3.63, 3.8) is 0 Å². The van der Waals surface area contributed by atoms with E-state index in [4.69, 9.17) is 21.4 Å². The number of anilines is 1. The highest BCUT2D eigenvalue weighted by Gasteiger charge is 2.15. The van der Waals surface area contributed by atoms with Crippen LogP contribution in [0.2, 0.25) is 5.02 Å². The fourth-order valence-electron chi connectivity index (χ4n) is 1.20. The van der Waals surface area contributed by atoms with Crippen LogP contribution in [0.3, 0.4) is 0 Å². The number of aromatic nitrogens is 2. The monoisotopic (exact) mass is 259 g/mol. The average molecular weight is 260 g/mol. The van der Waals surface area contributed by atoms with Gasteiger partial charge in [-0.25, -0.2) is 4.98 Å². The number of hydrogen-bond acceptors (Lipinski definition) is 5. The Balaban J connectivity index is 2.70. The van der Waals surface area contributed by atoms with E-state index in [1.165, 1.54) is 13.3 Å². The molecule has 0 bridgehead atoms. The lowest BCUT2D eigenvalue weighted by Gasteiger charge is -2.12. The summed E-state index contributed by atoms with van der Waals surface area (Å²) in [5.74, 6) is -0.956. The molecule has 1 unspecified atom stereocenters. The van der Waals surface area contributed by atoms with Crippen LogP contribution in [-0.2, 0) is 4.79 Å². The van der Waals surface area contributed by atoms with Gasteiger partial charge in [-0.1, -0.05) is 18.5 Å². The normalized spacial score (nSPS) is 11.9. The predicted molar refractivity (Wildman–Crippen MR) is 63.5 cm³/mol. The molecule has 17 heavy (non-hydrogen) atoms. The van der Waals surface area contributed by atoms with Gasteiger partial charge in [0, 0.05) is 6.54 Å². The summed E-state index contributed by atoms with van der Waals surface area (Å²) in [6.45, 7) is 2.06. The van der Waals surface area contributed by atoms with Crippen LogP contribution in [0.4, 0.5) is 5.82 Å². The minimum Gasteiger partial charge on any atom is -0.481 e. The van der Waals surface area contributed by atoms with E-state index >= 15 is 0 Å². The van der Waals surface area contributed by atoms with Gasteiger partial charge in [-0.2, -0.15) is 4.98 Å². The van der Waals surface area contributed by atoms with Gasteiger partial charge in [-0.15, -0.1) is 0 Å². The maximum absolute atomic E-state index is 10.8. The molecule has 0 amide bonds. The van der Waals surface area contributed by atoms with E-state index in [2.05, 4.69) is 15.3 Å². The summed E-state index contributed by atoms with van der Waals surface area (Å²) in [5.41, 5.74) is 0. The number of rotatable bonds is 6. The van der Waals surface area contributed by atoms with Crippen LogP contribution in [0.5, 0.6) is 6.01 Å². The molecule has 0 aromatic carbocycles. The Morgan fingerprint density at radius 1 is 1.71 bits per heavy atom. The number of ether oxygens (including phenoxy) is 1. The number of carbonyl (C=O) groups is 1. The lowest BCUT2D eigenvalue weighted by Crippen LogP contribution is -2.22. The van der Waals surface area contributed by atoms with Crippen molar-refractivity contribution >= 4 is 23.4 Å². The molecular weight excluding hydrogens is 246 g/mol. The van der Waals surface area contributed by atoms with Crippen LogP contribution in [0.25, 0.3) is 0 Å². The molecule has 1 aromatic heterocycles. The van der Waals surface area contributed by atoms with Crippen LogP contribution in [0.1, 0.15) is 13.3 Å². The molecule has 2 N–H and O–H groups in total. The number of carboxylic acids is 1. The molecule has 1 heterocycles. The molecule has 0 fully saturated rings. The highest BCUT2D eigenvalue weighted by atomic mass is 35.5. The quantitative estimate of drug-likeness (QED) is 0.808. The number of nitrogens with one attached hydrogen (secondary N) is 1. The first-order valence-corrected chi connectivity index (χ1v) is 5.49. The van der Waals surface area contributed by atoms with Gasteiger partial charge in [-0.05, 0) is 6.42 Å². The third-order valence-corrected chi connectivity index (χ3v) is 2.54. The van der Waals surface area contributed by atoms with E-state index in [1.54, 1.807) is 0 Å². The Kier molecular flexibility index (Phi) is 4.96. The highest BCUT2D eigenvalue weighted by molar-refractivity contribution is 6.32. The third kappa shape index (κ3) is 3.74. The van der Waals surface area contributed by atoms with Gasteiger partial charge < -0.3 is 15.2 Å². The number of hydrogen-bond donors (Lipinski definition) is 2. The number of aliphatic carboxylic acids is 1. The summed E-state index contributed by atoms with van der Waals surface area (Å²) in [5, 5.41) is 12.1. The van der Waals surface area contributed by atoms with E-state index in [-0.39, 0.29) is 12.6 Å². The van der Waals surface area contributed by atoms with Crippen LogP contribution in [0, 0.1) is 5.92 Å². The molecule has 0 spiro atoms. The minimum absolute atomic E-state index is 0.181. The van der Waals surface area contributed by atoms with Crippen molar-refractivity contribution in [2.24, 2.45) is 5.92 Å². The molecule has 6 nitrogen and oxygen atoms in total. The largest absolute Gasteiger partial charge is 0.481 e. The number of halogens is 1.